The lowest BCUT2D eigenvalue weighted by Crippen LogP contribution is -2.40. The molecule has 0 spiro atoms. The molecule has 0 unspecified atom stereocenters. The summed E-state index contributed by atoms with van der Waals surface area (Å²) >= 11 is 3.34. The summed E-state index contributed by atoms with van der Waals surface area (Å²) in [6.07, 6.45) is 6.19. The highest BCUT2D eigenvalue weighted by Gasteiger charge is 2.56. The number of likely N-dealkylation sites (tertiary alicyclic amines) is 1. The van der Waals surface area contributed by atoms with Crippen molar-refractivity contribution in [2.24, 2.45) is 23.7 Å². The number of fused-ring (bicyclic) bond motifs is 1. The molecular formula is C19H20BrN3O3. The first-order valence-electron chi connectivity index (χ1n) is 8.88. The number of hydrogen-bond acceptors (Lipinski definition) is 3. The van der Waals surface area contributed by atoms with Gasteiger partial charge in [-0.3, -0.25) is 14.5 Å². The maximum Gasteiger partial charge on any atom is 0.319 e. The van der Waals surface area contributed by atoms with E-state index in [4.69, 9.17) is 0 Å². The number of hydrogen-bond donors (Lipinski definition) is 2. The normalized spacial score (nSPS) is 29.0. The van der Waals surface area contributed by atoms with Gasteiger partial charge in [-0.1, -0.05) is 28.1 Å². The van der Waals surface area contributed by atoms with Crippen LogP contribution in [0.4, 0.5) is 10.5 Å². The van der Waals surface area contributed by atoms with Crippen LogP contribution >= 0.6 is 15.9 Å². The summed E-state index contributed by atoms with van der Waals surface area (Å²) in [5.41, 5.74) is 0.674. The summed E-state index contributed by atoms with van der Waals surface area (Å²) < 4.78 is 0.930. The molecule has 2 N–H and O–H groups in total. The SMILES string of the molecule is O=C(NCCN1C(=O)[C@H]2[C@H](C1=O)[C@H]1C=C[C@H]2CC1)Nc1ccc(Br)cc1. The van der Waals surface area contributed by atoms with Crippen molar-refractivity contribution in [2.75, 3.05) is 18.4 Å². The van der Waals surface area contributed by atoms with E-state index in [9.17, 15) is 14.4 Å². The summed E-state index contributed by atoms with van der Waals surface area (Å²) in [7, 11) is 0. The van der Waals surface area contributed by atoms with E-state index in [1.54, 1.807) is 12.1 Å². The van der Waals surface area contributed by atoms with Gasteiger partial charge in [-0.25, -0.2) is 4.79 Å². The molecular weight excluding hydrogens is 398 g/mol. The number of urea groups is 1. The van der Waals surface area contributed by atoms with Gasteiger partial charge >= 0.3 is 6.03 Å². The Morgan fingerprint density at radius 1 is 1.04 bits per heavy atom. The predicted molar refractivity (Wildman–Crippen MR) is 100 cm³/mol. The maximum atomic E-state index is 12.7. The first-order valence-corrected chi connectivity index (χ1v) is 9.68. The summed E-state index contributed by atoms with van der Waals surface area (Å²) in [6.45, 7) is 0.458. The minimum atomic E-state index is -0.356. The number of amides is 4. The lowest BCUT2D eigenvalue weighted by Gasteiger charge is -2.38. The quantitative estimate of drug-likeness (QED) is 0.583. The van der Waals surface area contributed by atoms with Crippen LogP contribution in [0.3, 0.4) is 0 Å². The van der Waals surface area contributed by atoms with Crippen molar-refractivity contribution in [2.45, 2.75) is 12.8 Å². The predicted octanol–water partition coefficient (Wildman–Crippen LogP) is 2.77. The Labute approximate surface area is 160 Å². The van der Waals surface area contributed by atoms with E-state index >= 15 is 0 Å². The molecule has 3 aliphatic carbocycles. The third-order valence-electron chi connectivity index (χ3n) is 5.57. The second kappa shape index (κ2) is 6.87. The van der Waals surface area contributed by atoms with Crippen molar-refractivity contribution in [3.8, 4) is 0 Å². The van der Waals surface area contributed by atoms with Gasteiger partial charge in [0.1, 0.15) is 0 Å². The highest BCUT2D eigenvalue weighted by Crippen LogP contribution is 2.49. The van der Waals surface area contributed by atoms with Gasteiger partial charge in [0, 0.05) is 23.2 Å². The van der Waals surface area contributed by atoms with Crippen molar-refractivity contribution in [3.05, 3.63) is 40.9 Å². The summed E-state index contributed by atoms with van der Waals surface area (Å²) in [5.74, 6) is -0.144. The number of anilines is 1. The molecule has 4 amide bonds. The van der Waals surface area contributed by atoms with Gasteiger partial charge in [-0.05, 0) is 48.9 Å². The van der Waals surface area contributed by atoms with E-state index in [1.807, 2.05) is 12.1 Å². The smallest absolute Gasteiger partial charge is 0.319 e. The van der Waals surface area contributed by atoms with Crippen LogP contribution in [0.15, 0.2) is 40.9 Å². The molecule has 136 valence electrons. The number of nitrogens with one attached hydrogen (secondary N) is 2. The number of halogens is 1. The zero-order chi connectivity index (χ0) is 18.3. The third-order valence-corrected chi connectivity index (χ3v) is 6.10. The lowest BCUT2D eigenvalue weighted by atomic mass is 9.63. The molecule has 1 aromatic carbocycles. The molecule has 0 aromatic heterocycles. The van der Waals surface area contributed by atoms with Crippen LogP contribution < -0.4 is 10.6 Å². The molecule has 2 bridgehead atoms. The molecule has 26 heavy (non-hydrogen) atoms. The van der Waals surface area contributed by atoms with E-state index < -0.39 is 0 Å². The van der Waals surface area contributed by atoms with Crippen molar-refractivity contribution in [1.82, 2.24) is 10.2 Å². The van der Waals surface area contributed by atoms with Crippen LogP contribution in [0.2, 0.25) is 0 Å². The Hall–Kier alpha value is -2.15. The van der Waals surface area contributed by atoms with Gasteiger partial charge in [-0.2, -0.15) is 0 Å². The zero-order valence-corrected chi connectivity index (χ0v) is 15.7. The van der Waals surface area contributed by atoms with E-state index in [1.165, 1.54) is 4.90 Å². The fourth-order valence-corrected chi connectivity index (χ4v) is 4.61. The molecule has 1 aliphatic heterocycles. The highest BCUT2D eigenvalue weighted by atomic mass is 79.9. The largest absolute Gasteiger partial charge is 0.336 e. The average Bonchev–Trinajstić information content (AvgIpc) is 2.92. The molecule has 1 heterocycles. The molecule has 7 heteroatoms. The number of allylic oxidation sites excluding steroid dienone is 2. The maximum absolute atomic E-state index is 12.7. The minimum Gasteiger partial charge on any atom is -0.336 e. The van der Waals surface area contributed by atoms with Crippen molar-refractivity contribution in [3.63, 3.8) is 0 Å². The van der Waals surface area contributed by atoms with Crippen LogP contribution in [0.1, 0.15) is 12.8 Å². The van der Waals surface area contributed by atoms with Crippen molar-refractivity contribution < 1.29 is 14.4 Å². The van der Waals surface area contributed by atoms with Crippen LogP contribution in [0.25, 0.3) is 0 Å². The molecule has 1 saturated heterocycles. The first-order chi connectivity index (χ1) is 12.5. The molecule has 5 rings (SSSR count). The Bertz CT molecular complexity index is 745. The Balaban J connectivity index is 1.31. The zero-order valence-electron chi connectivity index (χ0n) is 14.2. The molecule has 1 aromatic rings. The highest BCUT2D eigenvalue weighted by molar-refractivity contribution is 9.10. The first kappa shape index (κ1) is 17.3. The number of benzene rings is 1. The Morgan fingerprint density at radius 2 is 1.62 bits per heavy atom. The van der Waals surface area contributed by atoms with E-state index in [-0.39, 0.29) is 54.6 Å². The van der Waals surface area contributed by atoms with Crippen LogP contribution in [-0.2, 0) is 9.59 Å². The number of imide groups is 1. The second-order valence-corrected chi connectivity index (χ2v) is 7.97. The number of carbonyl (C=O) groups is 3. The monoisotopic (exact) mass is 417 g/mol. The van der Waals surface area contributed by atoms with Gasteiger partial charge in [0.2, 0.25) is 11.8 Å². The molecule has 0 radical (unpaired) electrons. The standard InChI is InChI=1S/C19H20BrN3O3/c20-13-5-7-14(8-6-13)22-19(26)21-9-10-23-17(24)15-11-1-2-12(4-3-11)16(15)18(23)25/h1-2,5-8,11-12,15-16H,3-4,9-10H2,(H2,21,22,26)/t11-,12-,15+,16+/m0/s1. The van der Waals surface area contributed by atoms with E-state index in [2.05, 4.69) is 38.7 Å². The summed E-state index contributed by atoms with van der Waals surface area (Å²) in [6, 6.07) is 6.88. The van der Waals surface area contributed by atoms with E-state index in [0.717, 1.165) is 17.3 Å². The van der Waals surface area contributed by atoms with Crippen LogP contribution in [0, 0.1) is 23.7 Å². The number of rotatable bonds is 4. The summed E-state index contributed by atoms with van der Waals surface area (Å²) in [5, 5.41) is 5.43. The van der Waals surface area contributed by atoms with Gasteiger partial charge in [-0.15, -0.1) is 0 Å². The minimum absolute atomic E-state index is 0.0748. The van der Waals surface area contributed by atoms with Crippen LogP contribution in [-0.4, -0.2) is 35.8 Å². The Morgan fingerprint density at radius 3 is 2.15 bits per heavy atom. The molecule has 2 fully saturated rings. The van der Waals surface area contributed by atoms with Crippen molar-refractivity contribution in [1.29, 1.82) is 0 Å². The van der Waals surface area contributed by atoms with Crippen molar-refractivity contribution >= 4 is 39.5 Å². The van der Waals surface area contributed by atoms with E-state index in [0.29, 0.717) is 5.69 Å². The van der Waals surface area contributed by atoms with Gasteiger partial charge in [0.05, 0.1) is 11.8 Å². The second-order valence-electron chi connectivity index (χ2n) is 7.06. The summed E-state index contributed by atoms with van der Waals surface area (Å²) in [4.78, 5) is 38.7. The topological polar surface area (TPSA) is 78.5 Å². The van der Waals surface area contributed by atoms with Gasteiger partial charge in [0.25, 0.3) is 0 Å². The number of carbonyl (C=O) groups excluding carboxylic acids is 3. The number of nitrogens with zero attached hydrogens (tertiary/aromatic N) is 1. The molecule has 4 atom stereocenters. The lowest BCUT2D eigenvalue weighted by molar-refractivity contribution is -0.140. The Kier molecular flexibility index (Phi) is 4.56. The van der Waals surface area contributed by atoms with Crippen LogP contribution in [0.5, 0.6) is 0 Å². The fourth-order valence-electron chi connectivity index (χ4n) is 4.35. The molecule has 1 saturated carbocycles. The van der Waals surface area contributed by atoms with Gasteiger partial charge < -0.3 is 10.6 Å². The molecule has 6 nitrogen and oxygen atoms in total. The average molecular weight is 418 g/mol. The third kappa shape index (κ3) is 3.05. The fraction of sp³-hybridized carbons (Fsp3) is 0.421. The van der Waals surface area contributed by atoms with Gasteiger partial charge in [0.15, 0.2) is 0 Å². The molecule has 4 aliphatic rings.